The van der Waals surface area contributed by atoms with E-state index >= 15 is 0 Å². The molecule has 0 aliphatic carbocycles. The topological polar surface area (TPSA) is 67.9 Å². The van der Waals surface area contributed by atoms with E-state index in [-0.39, 0.29) is 12.0 Å². The van der Waals surface area contributed by atoms with E-state index in [1.54, 1.807) is 42.7 Å². The highest BCUT2D eigenvalue weighted by atomic mass is 32.1. The second-order valence-corrected chi connectivity index (χ2v) is 7.54. The molecule has 4 rings (SSSR count). The molecule has 0 saturated carbocycles. The lowest BCUT2D eigenvalue weighted by molar-refractivity contribution is 0.0988. The van der Waals surface area contributed by atoms with Crippen molar-refractivity contribution in [2.75, 3.05) is 5.01 Å². The average Bonchev–Trinajstić information content (AvgIpc) is 3.37. The van der Waals surface area contributed by atoms with Gasteiger partial charge in [0.15, 0.2) is 0 Å². The fourth-order valence-corrected chi connectivity index (χ4v) is 3.61. The minimum atomic E-state index is -0.289. The van der Waals surface area contributed by atoms with Gasteiger partial charge in [-0.2, -0.15) is 10.1 Å². The predicted octanol–water partition coefficient (Wildman–Crippen LogP) is 5.36. The molecule has 2 aromatic heterocycles. The summed E-state index contributed by atoms with van der Waals surface area (Å²) in [6, 6.07) is 18.3. The predicted molar refractivity (Wildman–Crippen MR) is 115 cm³/mol. The first-order chi connectivity index (χ1) is 14.1. The van der Waals surface area contributed by atoms with Crippen LogP contribution in [-0.4, -0.2) is 23.2 Å². The fourth-order valence-electron chi connectivity index (χ4n) is 2.69. The van der Waals surface area contributed by atoms with Gasteiger partial charge in [0.1, 0.15) is 11.5 Å². The lowest BCUT2D eigenvalue weighted by atomic mass is 10.2. The first kappa shape index (κ1) is 18.9. The average molecular weight is 405 g/mol. The molecule has 0 saturated heterocycles. The summed E-state index contributed by atoms with van der Waals surface area (Å²) in [5, 5.41) is 6.15. The molecule has 2 aromatic carbocycles. The number of hydrogen-bond donors (Lipinski definition) is 0. The van der Waals surface area contributed by atoms with Crippen LogP contribution in [0.3, 0.4) is 0 Å². The molecule has 0 aliphatic heterocycles. The van der Waals surface area contributed by atoms with Crippen LogP contribution in [0.5, 0.6) is 5.75 Å². The van der Waals surface area contributed by atoms with Crippen molar-refractivity contribution in [3.05, 3.63) is 78.3 Å². The summed E-state index contributed by atoms with van der Waals surface area (Å²) in [6.45, 7) is 3.91. The van der Waals surface area contributed by atoms with Gasteiger partial charge in [-0.05, 0) is 62.4 Å². The molecule has 0 unspecified atom stereocenters. The molecule has 146 valence electrons. The van der Waals surface area contributed by atoms with E-state index in [4.69, 9.17) is 9.15 Å². The number of hydrogen-bond acceptors (Lipinski definition) is 6. The Morgan fingerprint density at radius 3 is 2.62 bits per heavy atom. The number of para-hydroxylation sites is 1. The molecule has 0 spiro atoms. The summed E-state index contributed by atoms with van der Waals surface area (Å²) >= 11 is 1.40. The van der Waals surface area contributed by atoms with Crippen molar-refractivity contribution < 1.29 is 13.9 Å². The molecule has 1 amide bonds. The molecule has 0 fully saturated rings. The molecule has 29 heavy (non-hydrogen) atoms. The molecule has 0 N–H and O–H groups in total. The maximum Gasteiger partial charge on any atom is 0.280 e. The largest absolute Gasteiger partial charge is 0.491 e. The summed E-state index contributed by atoms with van der Waals surface area (Å²) in [7, 11) is 0. The van der Waals surface area contributed by atoms with Gasteiger partial charge in [0.25, 0.3) is 5.91 Å². The van der Waals surface area contributed by atoms with E-state index in [1.165, 1.54) is 22.6 Å². The van der Waals surface area contributed by atoms with Crippen molar-refractivity contribution in [2.24, 2.45) is 5.10 Å². The van der Waals surface area contributed by atoms with Crippen molar-refractivity contribution >= 4 is 38.8 Å². The van der Waals surface area contributed by atoms with E-state index in [9.17, 15) is 4.79 Å². The Balaban J connectivity index is 1.68. The zero-order chi connectivity index (χ0) is 20.2. The number of furan rings is 1. The second kappa shape index (κ2) is 8.28. The van der Waals surface area contributed by atoms with Crippen molar-refractivity contribution in [2.45, 2.75) is 20.0 Å². The minimum absolute atomic E-state index is 0.0636. The molecule has 0 bridgehead atoms. The number of anilines is 1. The zero-order valence-corrected chi connectivity index (χ0v) is 16.8. The summed E-state index contributed by atoms with van der Waals surface area (Å²) < 4.78 is 11.9. The maximum atomic E-state index is 13.2. The van der Waals surface area contributed by atoms with Gasteiger partial charge in [0.2, 0.25) is 5.13 Å². The van der Waals surface area contributed by atoms with Gasteiger partial charge in [-0.25, -0.2) is 4.98 Å². The Kier molecular flexibility index (Phi) is 5.39. The van der Waals surface area contributed by atoms with Crippen LogP contribution in [0, 0.1) is 0 Å². The zero-order valence-electron chi connectivity index (χ0n) is 16.0. The van der Waals surface area contributed by atoms with Crippen LogP contribution >= 0.6 is 11.3 Å². The number of thiazole rings is 1. The number of rotatable bonds is 6. The SMILES string of the molecule is CC(C)Oc1ccc(C(=O)N(/N=C\c2ccco2)c2nc3ccccc3s2)cc1. The van der Waals surface area contributed by atoms with Gasteiger partial charge in [0.05, 0.1) is 28.8 Å². The van der Waals surface area contributed by atoms with E-state index in [0.29, 0.717) is 22.2 Å². The summed E-state index contributed by atoms with van der Waals surface area (Å²) in [5.74, 6) is 0.967. The molecule has 4 aromatic rings. The number of carbonyl (C=O) groups is 1. The lowest BCUT2D eigenvalue weighted by Gasteiger charge is -2.14. The first-order valence-electron chi connectivity index (χ1n) is 9.14. The number of ether oxygens (including phenoxy) is 1. The number of hydrazone groups is 1. The summed E-state index contributed by atoms with van der Waals surface area (Å²) in [5.41, 5.74) is 1.30. The van der Waals surface area contributed by atoms with E-state index < -0.39 is 0 Å². The first-order valence-corrected chi connectivity index (χ1v) is 9.96. The minimum Gasteiger partial charge on any atom is -0.491 e. The number of carbonyl (C=O) groups excluding carboxylic acids is 1. The standard InChI is InChI=1S/C22H19N3O3S/c1-15(2)28-17-11-9-16(10-12-17)21(26)25(23-14-18-6-5-13-27-18)22-24-19-7-3-4-8-20(19)29-22/h3-15H,1-2H3/b23-14-. The Bertz CT molecular complexity index is 1100. The third-order valence-corrected chi connectivity index (χ3v) is 4.98. The molecule has 0 radical (unpaired) electrons. The van der Waals surface area contributed by atoms with Crippen molar-refractivity contribution in [1.29, 1.82) is 0 Å². The highest BCUT2D eigenvalue weighted by Crippen LogP contribution is 2.30. The van der Waals surface area contributed by atoms with Crippen molar-refractivity contribution in [3.8, 4) is 5.75 Å². The Hall–Kier alpha value is -3.45. The maximum absolute atomic E-state index is 13.2. The van der Waals surface area contributed by atoms with Gasteiger partial charge in [-0.15, -0.1) is 0 Å². The number of amides is 1. The summed E-state index contributed by atoms with van der Waals surface area (Å²) in [4.78, 5) is 17.8. The highest BCUT2D eigenvalue weighted by molar-refractivity contribution is 7.22. The molecule has 0 atom stereocenters. The van der Waals surface area contributed by atoms with E-state index in [1.807, 2.05) is 38.1 Å². The molecular formula is C22H19N3O3S. The molecule has 2 heterocycles. The second-order valence-electron chi connectivity index (χ2n) is 6.53. The number of benzene rings is 2. The monoisotopic (exact) mass is 405 g/mol. The molecule has 6 nitrogen and oxygen atoms in total. The van der Waals surface area contributed by atoms with Gasteiger partial charge in [-0.3, -0.25) is 4.79 Å². The smallest absolute Gasteiger partial charge is 0.280 e. The molecule has 0 aliphatic rings. The number of nitrogens with zero attached hydrogens (tertiary/aromatic N) is 3. The lowest BCUT2D eigenvalue weighted by Crippen LogP contribution is -2.25. The summed E-state index contributed by atoms with van der Waals surface area (Å²) in [6.07, 6.45) is 3.12. The van der Waals surface area contributed by atoms with Gasteiger partial charge in [-0.1, -0.05) is 23.5 Å². The number of fused-ring (bicyclic) bond motifs is 1. The van der Waals surface area contributed by atoms with E-state index in [2.05, 4.69) is 10.1 Å². The van der Waals surface area contributed by atoms with Crippen molar-refractivity contribution in [1.82, 2.24) is 4.98 Å². The van der Waals surface area contributed by atoms with Crippen LogP contribution in [0.15, 0.2) is 76.4 Å². The van der Waals surface area contributed by atoms with Gasteiger partial charge >= 0.3 is 0 Å². The van der Waals surface area contributed by atoms with Crippen molar-refractivity contribution in [3.63, 3.8) is 0 Å². The van der Waals surface area contributed by atoms with Gasteiger partial charge in [0, 0.05) is 5.56 Å². The van der Waals surface area contributed by atoms with Crippen LogP contribution in [0.4, 0.5) is 5.13 Å². The Labute approximate surface area is 172 Å². The third-order valence-electron chi connectivity index (χ3n) is 3.97. The molecule has 7 heteroatoms. The fraction of sp³-hybridized carbons (Fsp3) is 0.136. The van der Waals surface area contributed by atoms with Crippen LogP contribution in [0.25, 0.3) is 10.2 Å². The van der Waals surface area contributed by atoms with Crippen LogP contribution in [-0.2, 0) is 0 Å². The highest BCUT2D eigenvalue weighted by Gasteiger charge is 2.21. The van der Waals surface area contributed by atoms with Crippen LogP contribution in [0.1, 0.15) is 30.0 Å². The van der Waals surface area contributed by atoms with E-state index in [0.717, 1.165) is 10.2 Å². The van der Waals surface area contributed by atoms with Gasteiger partial charge < -0.3 is 9.15 Å². The van der Waals surface area contributed by atoms with Crippen LogP contribution in [0.2, 0.25) is 0 Å². The molecular weight excluding hydrogens is 386 g/mol. The normalized spacial score (nSPS) is 11.4. The third kappa shape index (κ3) is 4.35. The number of aromatic nitrogens is 1. The quantitative estimate of drug-likeness (QED) is 0.320. The van der Waals surface area contributed by atoms with Crippen LogP contribution < -0.4 is 9.75 Å². The Morgan fingerprint density at radius 1 is 1.14 bits per heavy atom. The Morgan fingerprint density at radius 2 is 1.93 bits per heavy atom.